The highest BCUT2D eigenvalue weighted by atomic mass is 16.2. The third-order valence-electron chi connectivity index (χ3n) is 9.02. The SMILES string of the molecule is O=C1CCC(N2C(=O)c3cccc4c(Cc5ccc(CN6CCC(c7ccccc7)CC6)cc5)ccc2c34)C(=O)N1. The van der Waals surface area contributed by atoms with E-state index < -0.39 is 11.9 Å². The lowest BCUT2D eigenvalue weighted by Gasteiger charge is -2.32. The molecule has 4 aromatic carbocycles. The number of nitrogens with zero attached hydrogens (tertiary/aromatic N) is 2. The summed E-state index contributed by atoms with van der Waals surface area (Å²) in [6.45, 7) is 3.22. The number of hydrogen-bond acceptors (Lipinski definition) is 4. The summed E-state index contributed by atoms with van der Waals surface area (Å²) in [5, 5.41) is 4.33. The Morgan fingerprint density at radius 2 is 1.51 bits per heavy atom. The van der Waals surface area contributed by atoms with Crippen LogP contribution >= 0.6 is 0 Å². The van der Waals surface area contributed by atoms with Gasteiger partial charge in [-0.3, -0.25) is 29.5 Å². The van der Waals surface area contributed by atoms with Crippen LogP contribution in [0, 0.1) is 0 Å². The standard InChI is InChI=1S/C35H33N3O3/c39-32-16-15-31(34(40)36-32)38-30-14-13-27(28-7-4-8-29(33(28)30)35(38)41)21-23-9-11-24(12-10-23)22-37-19-17-26(18-20-37)25-5-2-1-3-6-25/h1-14,26,31H,15-22H2,(H,36,39,40). The van der Waals surface area contributed by atoms with Crippen LogP contribution in [-0.4, -0.2) is 41.8 Å². The fraction of sp³-hybridized carbons (Fsp3) is 0.286. The number of amides is 3. The fourth-order valence-electron chi connectivity index (χ4n) is 6.85. The first-order valence-corrected chi connectivity index (χ1v) is 14.6. The molecule has 41 heavy (non-hydrogen) atoms. The van der Waals surface area contributed by atoms with Crippen molar-refractivity contribution in [1.29, 1.82) is 0 Å². The monoisotopic (exact) mass is 543 g/mol. The smallest absolute Gasteiger partial charge is 0.259 e. The molecule has 0 aliphatic carbocycles. The highest BCUT2D eigenvalue weighted by molar-refractivity contribution is 6.27. The van der Waals surface area contributed by atoms with Crippen molar-refractivity contribution in [2.45, 2.75) is 50.6 Å². The largest absolute Gasteiger partial charge is 0.299 e. The van der Waals surface area contributed by atoms with Crippen molar-refractivity contribution in [3.8, 4) is 0 Å². The van der Waals surface area contributed by atoms with Crippen molar-refractivity contribution in [3.05, 3.63) is 113 Å². The molecule has 0 saturated carbocycles. The quantitative estimate of drug-likeness (QED) is 0.323. The molecule has 0 radical (unpaired) electrons. The highest BCUT2D eigenvalue weighted by Crippen LogP contribution is 2.41. The molecule has 3 aliphatic rings. The van der Waals surface area contributed by atoms with Crippen LogP contribution in [0.3, 0.4) is 0 Å². The Labute approximate surface area is 240 Å². The van der Waals surface area contributed by atoms with Gasteiger partial charge in [0.05, 0.1) is 5.69 Å². The van der Waals surface area contributed by atoms with Gasteiger partial charge in [-0.1, -0.05) is 72.8 Å². The highest BCUT2D eigenvalue weighted by Gasteiger charge is 2.40. The predicted octanol–water partition coefficient (Wildman–Crippen LogP) is 5.58. The predicted molar refractivity (Wildman–Crippen MR) is 160 cm³/mol. The summed E-state index contributed by atoms with van der Waals surface area (Å²) in [6.07, 6.45) is 3.74. The normalized spacial score (nSPS) is 19.7. The van der Waals surface area contributed by atoms with Gasteiger partial charge >= 0.3 is 0 Å². The van der Waals surface area contributed by atoms with Crippen molar-refractivity contribution in [3.63, 3.8) is 0 Å². The molecular formula is C35H33N3O3. The van der Waals surface area contributed by atoms with Crippen molar-refractivity contribution in [1.82, 2.24) is 10.2 Å². The number of imide groups is 1. The lowest BCUT2D eigenvalue weighted by molar-refractivity contribution is -0.134. The minimum Gasteiger partial charge on any atom is -0.299 e. The first-order valence-electron chi connectivity index (χ1n) is 14.6. The maximum Gasteiger partial charge on any atom is 0.259 e. The van der Waals surface area contributed by atoms with Gasteiger partial charge in [0.2, 0.25) is 11.8 Å². The molecule has 0 aromatic heterocycles. The number of nitrogens with one attached hydrogen (secondary N) is 1. The van der Waals surface area contributed by atoms with Gasteiger partial charge in [-0.2, -0.15) is 0 Å². The van der Waals surface area contributed by atoms with Gasteiger partial charge < -0.3 is 0 Å². The number of piperidine rings is 2. The second-order valence-electron chi connectivity index (χ2n) is 11.6. The van der Waals surface area contributed by atoms with Crippen LogP contribution in [0.2, 0.25) is 0 Å². The molecule has 3 heterocycles. The zero-order chi connectivity index (χ0) is 27.9. The van der Waals surface area contributed by atoms with E-state index in [2.05, 4.69) is 76.9 Å². The number of hydrogen-bond donors (Lipinski definition) is 1. The van der Waals surface area contributed by atoms with Gasteiger partial charge in [0.25, 0.3) is 5.91 Å². The summed E-state index contributed by atoms with van der Waals surface area (Å²) in [5.74, 6) is -0.191. The lowest BCUT2D eigenvalue weighted by atomic mass is 9.89. The second kappa shape index (κ2) is 10.6. The minimum atomic E-state index is -0.668. The third kappa shape index (κ3) is 4.82. The summed E-state index contributed by atoms with van der Waals surface area (Å²) in [7, 11) is 0. The van der Waals surface area contributed by atoms with Crippen molar-refractivity contribution in [2.24, 2.45) is 0 Å². The van der Waals surface area contributed by atoms with Crippen LogP contribution in [0.4, 0.5) is 5.69 Å². The van der Waals surface area contributed by atoms with Gasteiger partial charge in [0, 0.05) is 23.9 Å². The summed E-state index contributed by atoms with van der Waals surface area (Å²) in [4.78, 5) is 41.9. The Bertz CT molecular complexity index is 1640. The summed E-state index contributed by atoms with van der Waals surface area (Å²) >= 11 is 0. The lowest BCUT2D eigenvalue weighted by Crippen LogP contribution is -2.53. The topological polar surface area (TPSA) is 69.7 Å². The van der Waals surface area contributed by atoms with Crippen LogP contribution in [0.25, 0.3) is 10.8 Å². The Hall–Kier alpha value is -4.29. The molecule has 2 saturated heterocycles. The number of carbonyl (C=O) groups excluding carboxylic acids is 3. The van der Waals surface area contributed by atoms with Crippen LogP contribution in [0.15, 0.2) is 84.9 Å². The first kappa shape index (κ1) is 25.7. The molecule has 6 nitrogen and oxygen atoms in total. The summed E-state index contributed by atoms with van der Waals surface area (Å²) in [5.41, 5.74) is 6.55. The van der Waals surface area contributed by atoms with Crippen LogP contribution in [0.1, 0.15) is 64.2 Å². The number of carbonyl (C=O) groups is 3. The molecular weight excluding hydrogens is 510 g/mol. The van der Waals surface area contributed by atoms with E-state index >= 15 is 0 Å². The Morgan fingerprint density at radius 3 is 2.27 bits per heavy atom. The molecule has 0 bridgehead atoms. The van der Waals surface area contributed by atoms with Gasteiger partial charge in [0.1, 0.15) is 6.04 Å². The summed E-state index contributed by atoms with van der Waals surface area (Å²) < 4.78 is 0. The van der Waals surface area contributed by atoms with E-state index in [0.29, 0.717) is 17.9 Å². The van der Waals surface area contributed by atoms with Crippen LogP contribution in [-0.2, 0) is 22.6 Å². The third-order valence-corrected chi connectivity index (χ3v) is 9.02. The molecule has 1 atom stereocenters. The Balaban J connectivity index is 1.05. The van der Waals surface area contributed by atoms with E-state index in [1.165, 1.54) is 29.5 Å². The van der Waals surface area contributed by atoms with Crippen molar-refractivity contribution >= 4 is 34.2 Å². The molecule has 206 valence electrons. The molecule has 1 N–H and O–H groups in total. The van der Waals surface area contributed by atoms with E-state index in [1.807, 2.05) is 18.2 Å². The second-order valence-corrected chi connectivity index (χ2v) is 11.6. The number of likely N-dealkylation sites (tertiary alicyclic amines) is 1. The molecule has 3 aliphatic heterocycles. The number of anilines is 1. The van der Waals surface area contributed by atoms with E-state index in [9.17, 15) is 14.4 Å². The molecule has 6 heteroatoms. The van der Waals surface area contributed by atoms with Crippen LogP contribution in [0.5, 0.6) is 0 Å². The molecule has 3 amide bonds. The average Bonchev–Trinajstić information content (AvgIpc) is 3.28. The number of benzene rings is 4. The Kier molecular flexibility index (Phi) is 6.63. The van der Waals surface area contributed by atoms with E-state index in [1.54, 1.807) is 4.90 Å². The maximum atomic E-state index is 13.4. The van der Waals surface area contributed by atoms with Crippen molar-refractivity contribution < 1.29 is 14.4 Å². The minimum absolute atomic E-state index is 0.172. The van der Waals surface area contributed by atoms with Gasteiger partial charge in [-0.15, -0.1) is 0 Å². The van der Waals surface area contributed by atoms with Gasteiger partial charge in [-0.25, -0.2) is 0 Å². The molecule has 2 fully saturated rings. The van der Waals surface area contributed by atoms with Gasteiger partial charge in [0.15, 0.2) is 0 Å². The fourth-order valence-corrected chi connectivity index (χ4v) is 6.85. The molecule has 4 aromatic rings. The van der Waals surface area contributed by atoms with E-state index in [-0.39, 0.29) is 18.2 Å². The maximum absolute atomic E-state index is 13.4. The van der Waals surface area contributed by atoms with E-state index in [0.717, 1.165) is 48.1 Å². The zero-order valence-corrected chi connectivity index (χ0v) is 23.0. The average molecular weight is 544 g/mol. The molecule has 0 spiro atoms. The van der Waals surface area contributed by atoms with Gasteiger partial charge in [-0.05, 0) is 84.5 Å². The first-order chi connectivity index (χ1) is 20.0. The zero-order valence-electron chi connectivity index (χ0n) is 23.0. The van der Waals surface area contributed by atoms with Crippen LogP contribution < -0.4 is 10.2 Å². The number of rotatable bonds is 6. The summed E-state index contributed by atoms with van der Waals surface area (Å²) in [6, 6.07) is 29.0. The molecule has 1 unspecified atom stereocenters. The van der Waals surface area contributed by atoms with Crippen molar-refractivity contribution in [2.75, 3.05) is 18.0 Å². The van der Waals surface area contributed by atoms with E-state index in [4.69, 9.17) is 0 Å². The molecule has 7 rings (SSSR count). The Morgan fingerprint density at radius 1 is 0.756 bits per heavy atom.